The third-order valence-electron chi connectivity index (χ3n) is 2.25. The summed E-state index contributed by atoms with van der Waals surface area (Å²) >= 11 is -2.00. The summed E-state index contributed by atoms with van der Waals surface area (Å²) in [6.07, 6.45) is 1.81. The number of carbonyl (C=O) groups is 2. The number of rotatable bonds is 5. The molecule has 0 unspecified atom stereocenters. The van der Waals surface area contributed by atoms with E-state index in [0.29, 0.717) is 0 Å². The number of ether oxygens (including phenoxy) is 1. The maximum absolute atomic E-state index is 11.8. The molecule has 0 saturated carbocycles. The van der Waals surface area contributed by atoms with Crippen LogP contribution in [0.1, 0.15) is 20.3 Å². The van der Waals surface area contributed by atoms with Gasteiger partial charge >= 0.3 is 102 Å². The molecule has 0 aromatic rings. The molecule has 0 N–H and O–H groups in total. The van der Waals surface area contributed by atoms with Crippen LogP contribution < -0.4 is 0 Å². The van der Waals surface area contributed by atoms with Crippen LogP contribution in [0.2, 0.25) is 14.8 Å². The summed E-state index contributed by atoms with van der Waals surface area (Å²) in [5.41, 5.74) is -0.571. The number of hydrogen-bond donors (Lipinski definition) is 0. The van der Waals surface area contributed by atoms with E-state index >= 15 is 0 Å². The van der Waals surface area contributed by atoms with Crippen molar-refractivity contribution in [3.8, 4) is 0 Å². The minimum absolute atomic E-state index is 0.0915. The van der Waals surface area contributed by atoms with E-state index in [1.165, 1.54) is 7.11 Å². The molecular weight excluding hydrogens is 311 g/mol. The van der Waals surface area contributed by atoms with Crippen LogP contribution in [-0.2, 0) is 14.3 Å². The fraction of sp³-hybridized carbons (Fsp3) is 0.667. The Balaban J connectivity index is 4.61. The van der Waals surface area contributed by atoms with Gasteiger partial charge in [-0.2, -0.15) is 0 Å². The van der Waals surface area contributed by atoms with Gasteiger partial charge in [-0.05, 0) is 0 Å². The van der Waals surface area contributed by atoms with Gasteiger partial charge in [0.05, 0.1) is 0 Å². The minimum atomic E-state index is -2.00. The third kappa shape index (κ3) is 6.30. The summed E-state index contributed by atoms with van der Waals surface area (Å²) in [5.74, 6) is -0.558. The van der Waals surface area contributed by atoms with Crippen LogP contribution in [0.25, 0.3) is 0 Å². The first kappa shape index (κ1) is 15.7. The number of ketones is 1. The van der Waals surface area contributed by atoms with E-state index in [2.05, 4.69) is 23.6 Å². The molecule has 4 heteroatoms. The molecule has 0 heterocycles. The van der Waals surface area contributed by atoms with E-state index in [0.717, 1.165) is 0 Å². The van der Waals surface area contributed by atoms with Crippen LogP contribution in [0.3, 0.4) is 0 Å². The van der Waals surface area contributed by atoms with Crippen molar-refractivity contribution in [3.63, 3.8) is 0 Å². The molecule has 0 aromatic heterocycles. The molecule has 0 fully saturated rings. The fourth-order valence-corrected chi connectivity index (χ4v) is 3.60. The Hall–Kier alpha value is -0.321. The predicted molar refractivity (Wildman–Crippen MR) is 67.9 cm³/mol. The summed E-state index contributed by atoms with van der Waals surface area (Å²) in [6.45, 7) is 3.68. The van der Waals surface area contributed by atoms with Gasteiger partial charge in [-0.1, -0.05) is 0 Å². The van der Waals surface area contributed by atoms with Crippen LogP contribution in [0, 0.1) is 5.41 Å². The first-order valence-corrected chi connectivity index (χ1v) is 15.6. The molecule has 0 aliphatic rings. The molecule has 0 atom stereocenters. The summed E-state index contributed by atoms with van der Waals surface area (Å²) in [6, 6.07) is 0. The van der Waals surface area contributed by atoms with Gasteiger partial charge in [-0.15, -0.1) is 0 Å². The average molecular weight is 333 g/mol. The Morgan fingerprint density at radius 2 is 1.75 bits per heavy atom. The van der Waals surface area contributed by atoms with Crippen molar-refractivity contribution in [2.24, 2.45) is 5.41 Å². The third-order valence-corrected chi connectivity index (χ3v) is 5.58. The summed E-state index contributed by atoms with van der Waals surface area (Å²) in [4.78, 5) is 29.6. The van der Waals surface area contributed by atoms with Crippen LogP contribution in [0.15, 0.2) is 10.2 Å². The van der Waals surface area contributed by atoms with Gasteiger partial charge in [0, 0.05) is 0 Å². The number of methoxy groups -OCH3 is 1. The summed E-state index contributed by atoms with van der Waals surface area (Å²) in [5, 5.41) is 0. The van der Waals surface area contributed by atoms with Gasteiger partial charge in [-0.3, -0.25) is 0 Å². The molecule has 0 aliphatic carbocycles. The molecule has 3 nitrogen and oxygen atoms in total. The Kier molecular flexibility index (Phi) is 5.73. The van der Waals surface area contributed by atoms with E-state index < -0.39 is 29.8 Å². The summed E-state index contributed by atoms with van der Waals surface area (Å²) in [7, 11) is 1.30. The van der Waals surface area contributed by atoms with Crippen molar-refractivity contribution in [1.82, 2.24) is 0 Å². The van der Waals surface area contributed by atoms with Crippen molar-refractivity contribution >= 4 is 30.1 Å². The van der Waals surface area contributed by atoms with E-state index in [4.69, 9.17) is 0 Å². The van der Waals surface area contributed by atoms with Crippen LogP contribution in [0.5, 0.6) is 0 Å². The number of hydrogen-bond acceptors (Lipinski definition) is 3. The molecule has 0 amide bonds. The molecular formula is C12H22O3Sn. The van der Waals surface area contributed by atoms with Crippen LogP contribution in [0.4, 0.5) is 0 Å². The van der Waals surface area contributed by atoms with Crippen molar-refractivity contribution in [2.45, 2.75) is 35.1 Å². The zero-order valence-corrected chi connectivity index (χ0v) is 13.9. The second-order valence-electron chi connectivity index (χ2n) is 5.60. The maximum atomic E-state index is 11.8. The first-order chi connectivity index (χ1) is 7.08. The molecule has 92 valence electrons. The van der Waals surface area contributed by atoms with Gasteiger partial charge in [0.15, 0.2) is 0 Å². The van der Waals surface area contributed by atoms with Crippen LogP contribution >= 0.6 is 0 Å². The standard InChI is InChI=1S/C9H13O3.3CH3.Sn/c1-5-9(2,3)7(10)6-8(11)12-4;;;;/h1,5H,6H2,2-4H3;3*1H3;. The van der Waals surface area contributed by atoms with E-state index in [-0.39, 0.29) is 12.2 Å². The molecule has 0 radical (unpaired) electrons. The van der Waals surface area contributed by atoms with Gasteiger partial charge in [0.2, 0.25) is 0 Å². The topological polar surface area (TPSA) is 43.4 Å². The first-order valence-electron chi connectivity index (χ1n) is 5.39. The average Bonchev–Trinajstić information content (AvgIpc) is 2.13. The number of carbonyl (C=O) groups excluding carboxylic acids is 2. The molecule has 16 heavy (non-hydrogen) atoms. The SMILES string of the molecule is COC(=O)CC(=O)C(C)(C)/C=[CH]/[Sn]([CH3])([CH3])[CH3]. The van der Waals surface area contributed by atoms with Crippen molar-refractivity contribution in [1.29, 1.82) is 0 Å². The van der Waals surface area contributed by atoms with Gasteiger partial charge in [-0.25, -0.2) is 0 Å². The van der Waals surface area contributed by atoms with Crippen LogP contribution in [-0.4, -0.2) is 37.2 Å². The molecule has 0 bridgehead atoms. The summed E-state index contributed by atoms with van der Waals surface area (Å²) < 4.78 is 6.69. The molecule has 0 aliphatic heterocycles. The normalized spacial score (nSPS) is 12.9. The van der Waals surface area contributed by atoms with E-state index in [1.54, 1.807) is 0 Å². The zero-order chi connectivity index (χ0) is 13.0. The molecule has 0 aromatic carbocycles. The molecule has 0 spiro atoms. The van der Waals surface area contributed by atoms with Gasteiger partial charge in [0.25, 0.3) is 0 Å². The predicted octanol–water partition coefficient (Wildman–Crippen LogP) is 2.58. The zero-order valence-electron chi connectivity index (χ0n) is 11.1. The van der Waals surface area contributed by atoms with Gasteiger partial charge < -0.3 is 0 Å². The Bertz CT molecular complexity index is 298. The number of esters is 1. The van der Waals surface area contributed by atoms with Crippen molar-refractivity contribution in [2.75, 3.05) is 7.11 Å². The molecule has 0 rings (SSSR count). The van der Waals surface area contributed by atoms with Gasteiger partial charge in [0.1, 0.15) is 0 Å². The second-order valence-corrected chi connectivity index (χ2v) is 20.1. The van der Waals surface area contributed by atoms with Crippen molar-refractivity contribution in [3.05, 3.63) is 10.2 Å². The molecule has 0 saturated heterocycles. The number of allylic oxidation sites excluding steroid dienone is 1. The Labute approximate surface area is 102 Å². The van der Waals surface area contributed by atoms with Crippen molar-refractivity contribution < 1.29 is 14.3 Å². The second kappa shape index (κ2) is 5.84. The quantitative estimate of drug-likeness (QED) is 0.441. The Morgan fingerprint density at radius 1 is 1.25 bits per heavy atom. The fourth-order valence-electron chi connectivity index (χ4n) is 0.982. The Morgan fingerprint density at radius 3 is 2.12 bits per heavy atom. The van der Waals surface area contributed by atoms with E-state index in [9.17, 15) is 9.59 Å². The monoisotopic (exact) mass is 334 g/mol. The number of Topliss-reactive ketones (excluding diaryl/α,β-unsaturated/α-hetero) is 1. The van der Waals surface area contributed by atoms with E-state index in [1.807, 2.05) is 19.9 Å².